The molecule has 0 bridgehead atoms. The Morgan fingerprint density at radius 1 is 1.23 bits per heavy atom. The number of carbonyl (C=O) groups is 1. The van der Waals surface area contributed by atoms with Gasteiger partial charge in [-0.25, -0.2) is 4.79 Å². The Hall–Kier alpha value is -0.593. The average molecular weight is 387 g/mol. The number of ether oxygens (including phenoxy) is 1. The van der Waals surface area contributed by atoms with Crippen molar-refractivity contribution in [3.63, 3.8) is 0 Å². The van der Waals surface area contributed by atoms with E-state index in [1.807, 2.05) is 25.7 Å². The summed E-state index contributed by atoms with van der Waals surface area (Å²) in [7, 11) is 0.383. The lowest BCUT2D eigenvalue weighted by Gasteiger charge is -2.40. The van der Waals surface area contributed by atoms with Gasteiger partial charge in [0, 0.05) is 25.2 Å². The van der Waals surface area contributed by atoms with Crippen molar-refractivity contribution in [2.45, 2.75) is 104 Å². The lowest BCUT2D eigenvalue weighted by Crippen LogP contribution is -2.49. The van der Waals surface area contributed by atoms with Crippen LogP contribution < -0.4 is 0 Å². The molecule has 0 aromatic heterocycles. The van der Waals surface area contributed by atoms with E-state index in [4.69, 9.17) is 9.16 Å². The summed E-state index contributed by atoms with van der Waals surface area (Å²) in [4.78, 5) is 16.6. The first-order chi connectivity index (χ1) is 11.5. The third-order valence-electron chi connectivity index (χ3n) is 5.76. The van der Waals surface area contributed by atoms with Crippen molar-refractivity contribution in [1.29, 1.82) is 0 Å². The van der Waals surface area contributed by atoms with Gasteiger partial charge in [-0.05, 0) is 66.2 Å². The van der Waals surface area contributed by atoms with E-state index in [2.05, 4.69) is 59.7 Å². The molecule has 5 nitrogen and oxygen atoms in total. The lowest BCUT2D eigenvalue weighted by molar-refractivity contribution is 0.0200. The van der Waals surface area contributed by atoms with Gasteiger partial charge in [0.05, 0.1) is 6.10 Å². The van der Waals surface area contributed by atoms with E-state index in [0.717, 1.165) is 19.5 Å². The van der Waals surface area contributed by atoms with Crippen LogP contribution in [0.15, 0.2) is 0 Å². The minimum Gasteiger partial charge on any atom is -0.444 e. The summed E-state index contributed by atoms with van der Waals surface area (Å²) in [5, 5.41) is 0.216. The third kappa shape index (κ3) is 6.24. The fourth-order valence-corrected chi connectivity index (χ4v) is 4.78. The molecule has 0 unspecified atom stereocenters. The first kappa shape index (κ1) is 23.4. The summed E-state index contributed by atoms with van der Waals surface area (Å²) in [6.07, 6.45) is 0.958. The maximum atomic E-state index is 12.4. The molecule has 0 spiro atoms. The van der Waals surface area contributed by atoms with Crippen molar-refractivity contribution >= 4 is 14.4 Å². The summed E-state index contributed by atoms with van der Waals surface area (Å²) < 4.78 is 12.1. The summed E-state index contributed by atoms with van der Waals surface area (Å²) in [6, 6.07) is 0.489. The molecule has 3 atom stereocenters. The molecule has 0 radical (unpaired) electrons. The molecule has 0 aromatic carbocycles. The van der Waals surface area contributed by atoms with E-state index in [0.29, 0.717) is 6.04 Å². The minimum absolute atomic E-state index is 0.148. The molecule has 0 N–H and O–H groups in total. The van der Waals surface area contributed by atoms with Gasteiger partial charge in [-0.2, -0.15) is 0 Å². The highest BCUT2D eigenvalue weighted by atomic mass is 28.4. The molecule has 1 aliphatic heterocycles. The van der Waals surface area contributed by atoms with Crippen molar-refractivity contribution in [2.24, 2.45) is 0 Å². The normalized spacial score (nSPS) is 23.5. The van der Waals surface area contributed by atoms with Crippen LogP contribution >= 0.6 is 0 Å². The van der Waals surface area contributed by atoms with Gasteiger partial charge in [0.25, 0.3) is 0 Å². The summed E-state index contributed by atoms with van der Waals surface area (Å²) in [5.41, 5.74) is -0.452. The van der Waals surface area contributed by atoms with Gasteiger partial charge in [-0.15, -0.1) is 0 Å². The van der Waals surface area contributed by atoms with E-state index in [1.54, 1.807) is 0 Å². The van der Waals surface area contributed by atoms with Crippen LogP contribution in [-0.4, -0.2) is 68.1 Å². The highest BCUT2D eigenvalue weighted by molar-refractivity contribution is 6.74. The summed E-state index contributed by atoms with van der Waals surface area (Å²) in [5.74, 6) is 0. The van der Waals surface area contributed by atoms with Crippen LogP contribution in [0.4, 0.5) is 4.79 Å². The zero-order valence-electron chi connectivity index (χ0n) is 19.0. The fourth-order valence-electron chi connectivity index (χ4n) is 3.35. The van der Waals surface area contributed by atoms with E-state index in [1.165, 1.54) is 0 Å². The first-order valence-corrected chi connectivity index (χ1v) is 12.8. The SMILES string of the molecule is C[C@H](CN(C)[C@H]1CCN(C(=O)OC(C)(C)C)[C@H]1C)O[Si](C)(C)C(C)(C)C. The zero-order chi connectivity index (χ0) is 20.5. The molecule has 26 heavy (non-hydrogen) atoms. The maximum absolute atomic E-state index is 12.4. The second-order valence-electron chi connectivity index (χ2n) is 10.4. The Labute approximate surface area is 162 Å². The van der Waals surface area contributed by atoms with Gasteiger partial charge in [0.2, 0.25) is 0 Å². The number of nitrogens with zero attached hydrogens (tertiary/aromatic N) is 2. The highest BCUT2D eigenvalue weighted by Gasteiger charge is 2.41. The number of likely N-dealkylation sites (N-methyl/N-ethyl adjacent to an activating group) is 1. The molecule has 1 aliphatic rings. The number of likely N-dealkylation sites (tertiary alicyclic amines) is 1. The van der Waals surface area contributed by atoms with Crippen LogP contribution in [0.1, 0.15) is 61.8 Å². The van der Waals surface area contributed by atoms with Crippen LogP contribution in [-0.2, 0) is 9.16 Å². The van der Waals surface area contributed by atoms with Crippen LogP contribution in [0.2, 0.25) is 18.1 Å². The second-order valence-corrected chi connectivity index (χ2v) is 15.2. The van der Waals surface area contributed by atoms with E-state index in [-0.39, 0.29) is 23.3 Å². The van der Waals surface area contributed by atoms with Crippen molar-refractivity contribution in [3.05, 3.63) is 0 Å². The molecule has 154 valence electrons. The van der Waals surface area contributed by atoms with Crippen LogP contribution in [0, 0.1) is 0 Å². The number of rotatable bonds is 5. The fraction of sp³-hybridized carbons (Fsp3) is 0.950. The number of hydrogen-bond donors (Lipinski definition) is 0. The predicted octanol–water partition coefficient (Wildman–Crippen LogP) is 4.73. The molecule has 1 heterocycles. The van der Waals surface area contributed by atoms with Gasteiger partial charge >= 0.3 is 6.09 Å². The van der Waals surface area contributed by atoms with Gasteiger partial charge in [0.15, 0.2) is 8.32 Å². The molecular formula is C20H42N2O3Si. The minimum atomic E-state index is -1.76. The molecule has 6 heteroatoms. The number of carbonyl (C=O) groups excluding carboxylic acids is 1. The quantitative estimate of drug-likeness (QED) is 0.641. The van der Waals surface area contributed by atoms with Crippen molar-refractivity contribution in [2.75, 3.05) is 20.1 Å². The van der Waals surface area contributed by atoms with Gasteiger partial charge < -0.3 is 14.1 Å². The molecule has 1 rings (SSSR count). The molecule has 0 aliphatic carbocycles. The molecule has 1 fully saturated rings. The summed E-state index contributed by atoms with van der Waals surface area (Å²) >= 11 is 0. The van der Waals surface area contributed by atoms with Crippen LogP contribution in [0.5, 0.6) is 0 Å². The monoisotopic (exact) mass is 386 g/mol. The van der Waals surface area contributed by atoms with E-state index >= 15 is 0 Å². The van der Waals surface area contributed by atoms with Crippen molar-refractivity contribution in [3.8, 4) is 0 Å². The lowest BCUT2D eigenvalue weighted by atomic mass is 10.1. The Morgan fingerprint density at radius 3 is 2.23 bits per heavy atom. The van der Waals surface area contributed by atoms with Crippen molar-refractivity contribution in [1.82, 2.24) is 9.80 Å². The molecule has 1 saturated heterocycles. The Kier molecular flexibility index (Phi) is 7.39. The Bertz CT molecular complexity index is 482. The predicted molar refractivity (Wildman–Crippen MR) is 111 cm³/mol. The molecule has 0 saturated carbocycles. The van der Waals surface area contributed by atoms with Crippen LogP contribution in [0.3, 0.4) is 0 Å². The Balaban J connectivity index is 2.63. The van der Waals surface area contributed by atoms with Gasteiger partial charge in [0.1, 0.15) is 5.60 Å². The number of hydrogen-bond acceptors (Lipinski definition) is 4. The smallest absolute Gasteiger partial charge is 0.410 e. The average Bonchev–Trinajstić information content (AvgIpc) is 2.76. The molecular weight excluding hydrogens is 344 g/mol. The molecule has 1 amide bonds. The highest BCUT2D eigenvalue weighted by Crippen LogP contribution is 2.37. The van der Waals surface area contributed by atoms with Gasteiger partial charge in [-0.1, -0.05) is 20.8 Å². The summed E-state index contributed by atoms with van der Waals surface area (Å²) in [6.45, 7) is 23.1. The van der Waals surface area contributed by atoms with E-state index < -0.39 is 13.9 Å². The first-order valence-electron chi connectivity index (χ1n) is 9.93. The standard InChI is InChI=1S/C20H42N2O3Si/c1-15(25-26(10,11)20(6,7)8)14-21(9)17-12-13-22(16(17)2)18(23)24-19(3,4)5/h15-17H,12-14H2,1-11H3/t15-,16+,17+/m1/s1. The maximum Gasteiger partial charge on any atom is 0.410 e. The van der Waals surface area contributed by atoms with Crippen LogP contribution in [0.25, 0.3) is 0 Å². The largest absolute Gasteiger partial charge is 0.444 e. The molecule has 0 aromatic rings. The van der Waals surface area contributed by atoms with E-state index in [9.17, 15) is 4.79 Å². The zero-order valence-corrected chi connectivity index (χ0v) is 20.0. The second kappa shape index (κ2) is 8.19. The Morgan fingerprint density at radius 2 is 1.77 bits per heavy atom. The van der Waals surface area contributed by atoms with Crippen molar-refractivity contribution < 1.29 is 14.0 Å². The topological polar surface area (TPSA) is 42.0 Å². The number of amides is 1. The third-order valence-corrected chi connectivity index (χ3v) is 10.4. The van der Waals surface area contributed by atoms with Gasteiger partial charge in [-0.3, -0.25) is 4.90 Å².